The Balaban J connectivity index is 1.72. The van der Waals surface area contributed by atoms with Crippen molar-refractivity contribution < 1.29 is 13.6 Å². The molecule has 1 aromatic heterocycles. The standard InChI is InChI=1S/C16H25F2N5O/c1-20(2)15(24)11-22-10-14-3-6-19-23(14)7-4-13(22)9-21-8-5-16(17,18)12-21/h3,6,13H,4-5,7-12H2,1-2H3. The van der Waals surface area contributed by atoms with Gasteiger partial charge in [0.15, 0.2) is 0 Å². The third kappa shape index (κ3) is 3.92. The van der Waals surface area contributed by atoms with Gasteiger partial charge in [-0.1, -0.05) is 0 Å². The first kappa shape index (κ1) is 17.3. The minimum atomic E-state index is -2.58. The molecule has 1 saturated heterocycles. The molecule has 3 heterocycles. The van der Waals surface area contributed by atoms with Crippen LogP contribution in [0.1, 0.15) is 18.5 Å². The van der Waals surface area contributed by atoms with Crippen LogP contribution in [0.3, 0.4) is 0 Å². The molecule has 6 nitrogen and oxygen atoms in total. The molecule has 0 saturated carbocycles. The van der Waals surface area contributed by atoms with E-state index in [1.807, 2.05) is 15.6 Å². The van der Waals surface area contributed by atoms with Crippen LogP contribution in [-0.2, 0) is 17.9 Å². The monoisotopic (exact) mass is 341 g/mol. The zero-order valence-corrected chi connectivity index (χ0v) is 14.3. The summed E-state index contributed by atoms with van der Waals surface area (Å²) in [5.41, 5.74) is 1.07. The van der Waals surface area contributed by atoms with Crippen LogP contribution in [0.25, 0.3) is 0 Å². The lowest BCUT2D eigenvalue weighted by atomic mass is 10.1. The number of amides is 1. The predicted molar refractivity (Wildman–Crippen MR) is 85.7 cm³/mol. The van der Waals surface area contributed by atoms with Gasteiger partial charge in [-0.25, -0.2) is 8.78 Å². The minimum Gasteiger partial charge on any atom is -0.348 e. The van der Waals surface area contributed by atoms with Crippen molar-refractivity contribution in [3.63, 3.8) is 0 Å². The van der Waals surface area contributed by atoms with Crippen molar-refractivity contribution >= 4 is 5.91 Å². The number of likely N-dealkylation sites (N-methyl/N-ethyl adjacent to an activating group) is 1. The SMILES string of the molecule is CN(C)C(=O)CN1Cc2ccnn2CCC1CN1CCC(F)(F)C1. The Hall–Kier alpha value is -1.54. The van der Waals surface area contributed by atoms with Crippen LogP contribution in [0.4, 0.5) is 8.78 Å². The van der Waals surface area contributed by atoms with Crippen LogP contribution in [0.15, 0.2) is 12.3 Å². The van der Waals surface area contributed by atoms with Crippen molar-refractivity contribution in [1.82, 2.24) is 24.5 Å². The van der Waals surface area contributed by atoms with Crippen LogP contribution < -0.4 is 0 Å². The Bertz CT molecular complexity index is 589. The average molecular weight is 341 g/mol. The van der Waals surface area contributed by atoms with Crippen LogP contribution in [0, 0.1) is 0 Å². The van der Waals surface area contributed by atoms with Crippen molar-refractivity contribution in [2.45, 2.75) is 37.9 Å². The first-order valence-corrected chi connectivity index (χ1v) is 8.39. The normalized spacial score (nSPS) is 24.6. The van der Waals surface area contributed by atoms with E-state index in [1.54, 1.807) is 25.2 Å². The van der Waals surface area contributed by atoms with E-state index in [1.165, 1.54) is 0 Å². The number of carbonyl (C=O) groups excluding carboxylic acids is 1. The number of hydrogen-bond donors (Lipinski definition) is 0. The van der Waals surface area contributed by atoms with Gasteiger partial charge in [0, 0.05) is 58.9 Å². The molecule has 0 aliphatic carbocycles. The van der Waals surface area contributed by atoms with E-state index in [-0.39, 0.29) is 24.9 Å². The summed E-state index contributed by atoms with van der Waals surface area (Å²) >= 11 is 0. The molecule has 1 atom stereocenters. The van der Waals surface area contributed by atoms with E-state index in [0.29, 0.717) is 26.2 Å². The Kier molecular flexibility index (Phi) is 4.87. The number of fused-ring (bicyclic) bond motifs is 1. The summed E-state index contributed by atoms with van der Waals surface area (Å²) in [6.45, 7) is 2.49. The summed E-state index contributed by atoms with van der Waals surface area (Å²) in [7, 11) is 3.47. The molecule has 2 aliphatic rings. The van der Waals surface area contributed by atoms with Crippen molar-refractivity contribution in [2.75, 3.05) is 40.3 Å². The molecule has 1 aromatic rings. The zero-order chi connectivity index (χ0) is 17.3. The molecule has 1 amide bonds. The van der Waals surface area contributed by atoms with Gasteiger partial charge in [-0.15, -0.1) is 0 Å². The van der Waals surface area contributed by atoms with E-state index in [4.69, 9.17) is 0 Å². The maximum Gasteiger partial charge on any atom is 0.261 e. The molecule has 0 spiro atoms. The second-order valence-electron chi connectivity index (χ2n) is 7.02. The summed E-state index contributed by atoms with van der Waals surface area (Å²) in [6.07, 6.45) is 2.50. The maximum absolute atomic E-state index is 13.5. The van der Waals surface area contributed by atoms with Crippen LogP contribution in [-0.4, -0.2) is 82.6 Å². The Morgan fingerprint density at radius 1 is 1.42 bits per heavy atom. The van der Waals surface area contributed by atoms with Gasteiger partial charge in [-0.2, -0.15) is 5.10 Å². The number of alkyl halides is 2. The number of carbonyl (C=O) groups is 1. The third-order valence-electron chi connectivity index (χ3n) is 4.91. The minimum absolute atomic E-state index is 0.0275. The molecule has 1 fully saturated rings. The molecule has 0 bridgehead atoms. The second-order valence-corrected chi connectivity index (χ2v) is 7.02. The highest BCUT2D eigenvalue weighted by molar-refractivity contribution is 5.77. The fraction of sp³-hybridized carbons (Fsp3) is 0.750. The number of hydrogen-bond acceptors (Lipinski definition) is 4. The van der Waals surface area contributed by atoms with E-state index >= 15 is 0 Å². The van der Waals surface area contributed by atoms with E-state index in [9.17, 15) is 13.6 Å². The van der Waals surface area contributed by atoms with Gasteiger partial charge in [0.2, 0.25) is 5.91 Å². The summed E-state index contributed by atoms with van der Waals surface area (Å²) in [5.74, 6) is -2.55. The summed E-state index contributed by atoms with van der Waals surface area (Å²) in [4.78, 5) is 17.7. The third-order valence-corrected chi connectivity index (χ3v) is 4.91. The number of aryl methyl sites for hydroxylation is 1. The van der Waals surface area contributed by atoms with Crippen molar-refractivity contribution in [2.24, 2.45) is 0 Å². The van der Waals surface area contributed by atoms with E-state index < -0.39 is 5.92 Å². The molecule has 0 N–H and O–H groups in total. The average Bonchev–Trinajstić information content (AvgIpc) is 3.04. The molecule has 0 aromatic carbocycles. The molecule has 134 valence electrons. The van der Waals surface area contributed by atoms with Crippen LogP contribution in [0.2, 0.25) is 0 Å². The highest BCUT2D eigenvalue weighted by Crippen LogP contribution is 2.28. The molecular formula is C16H25F2N5O. The summed E-state index contributed by atoms with van der Waals surface area (Å²) in [6, 6.07) is 2.03. The summed E-state index contributed by atoms with van der Waals surface area (Å²) in [5, 5.41) is 4.32. The van der Waals surface area contributed by atoms with Crippen molar-refractivity contribution in [1.29, 1.82) is 0 Å². The van der Waals surface area contributed by atoms with Gasteiger partial charge in [-0.05, 0) is 12.5 Å². The number of rotatable bonds is 4. The molecule has 2 aliphatic heterocycles. The number of nitrogens with zero attached hydrogens (tertiary/aromatic N) is 5. The topological polar surface area (TPSA) is 44.6 Å². The number of halogens is 2. The fourth-order valence-corrected chi connectivity index (χ4v) is 3.45. The molecular weight excluding hydrogens is 316 g/mol. The molecule has 0 radical (unpaired) electrons. The maximum atomic E-state index is 13.5. The van der Waals surface area contributed by atoms with Gasteiger partial charge in [0.05, 0.1) is 18.8 Å². The van der Waals surface area contributed by atoms with E-state index in [0.717, 1.165) is 18.7 Å². The fourth-order valence-electron chi connectivity index (χ4n) is 3.45. The van der Waals surface area contributed by atoms with Crippen LogP contribution in [0.5, 0.6) is 0 Å². The zero-order valence-electron chi connectivity index (χ0n) is 14.3. The predicted octanol–water partition coefficient (Wildman–Crippen LogP) is 0.887. The van der Waals surface area contributed by atoms with Crippen LogP contribution >= 0.6 is 0 Å². The van der Waals surface area contributed by atoms with Gasteiger partial charge in [0.25, 0.3) is 5.92 Å². The highest BCUT2D eigenvalue weighted by atomic mass is 19.3. The second kappa shape index (κ2) is 6.76. The Morgan fingerprint density at radius 2 is 2.21 bits per heavy atom. The first-order chi connectivity index (χ1) is 11.3. The molecule has 1 unspecified atom stereocenters. The summed E-state index contributed by atoms with van der Waals surface area (Å²) < 4.78 is 28.9. The lowest BCUT2D eigenvalue weighted by molar-refractivity contribution is -0.130. The van der Waals surface area contributed by atoms with Gasteiger partial charge in [-0.3, -0.25) is 19.3 Å². The lowest BCUT2D eigenvalue weighted by Crippen LogP contribution is -2.47. The molecule has 3 rings (SSSR count). The molecule has 8 heteroatoms. The van der Waals surface area contributed by atoms with Gasteiger partial charge in [0.1, 0.15) is 0 Å². The van der Waals surface area contributed by atoms with Gasteiger partial charge >= 0.3 is 0 Å². The highest BCUT2D eigenvalue weighted by Gasteiger charge is 2.39. The smallest absolute Gasteiger partial charge is 0.261 e. The Morgan fingerprint density at radius 3 is 2.88 bits per heavy atom. The largest absolute Gasteiger partial charge is 0.348 e. The van der Waals surface area contributed by atoms with Crippen molar-refractivity contribution in [3.05, 3.63) is 18.0 Å². The van der Waals surface area contributed by atoms with Gasteiger partial charge < -0.3 is 4.90 Å². The Labute approximate surface area is 141 Å². The first-order valence-electron chi connectivity index (χ1n) is 8.39. The quantitative estimate of drug-likeness (QED) is 0.816. The lowest BCUT2D eigenvalue weighted by Gasteiger charge is -2.32. The van der Waals surface area contributed by atoms with Crippen molar-refractivity contribution in [3.8, 4) is 0 Å². The molecule has 24 heavy (non-hydrogen) atoms. The van der Waals surface area contributed by atoms with E-state index in [2.05, 4.69) is 10.00 Å². The number of aromatic nitrogens is 2. The number of likely N-dealkylation sites (tertiary alicyclic amines) is 1.